The van der Waals surface area contributed by atoms with Crippen LogP contribution in [0.1, 0.15) is 259 Å². The summed E-state index contributed by atoms with van der Waals surface area (Å²) < 4.78 is 24.6. The third kappa shape index (κ3) is 22.1. The average molecular weight is 962 g/mol. The molecule has 2 saturated carbocycles. The van der Waals surface area contributed by atoms with Crippen molar-refractivity contribution < 1.29 is 18.9 Å². The van der Waals surface area contributed by atoms with Crippen LogP contribution in [0, 0.1) is 47.3 Å². The van der Waals surface area contributed by atoms with Crippen LogP contribution in [0.5, 0.6) is 0 Å². The van der Waals surface area contributed by atoms with Gasteiger partial charge in [-0.25, -0.2) is 0 Å². The molecule has 6 rings (SSSR count). The van der Waals surface area contributed by atoms with Crippen LogP contribution in [-0.4, -0.2) is 73.9 Å². The van der Waals surface area contributed by atoms with Crippen molar-refractivity contribution in [3.63, 3.8) is 0 Å². The molecule has 4 aliphatic heterocycles. The fourth-order valence-electron chi connectivity index (χ4n) is 13.8. The minimum absolute atomic E-state index is 0.549. The highest BCUT2D eigenvalue weighted by atomic mass is 32.2. The van der Waals surface area contributed by atoms with Gasteiger partial charge in [-0.2, -0.15) is 23.5 Å². The van der Waals surface area contributed by atoms with Crippen molar-refractivity contribution >= 4 is 23.5 Å². The summed E-state index contributed by atoms with van der Waals surface area (Å²) in [6, 6.07) is 0. The molecule has 0 aromatic carbocycles. The van der Waals surface area contributed by atoms with Crippen LogP contribution in [-0.2, 0) is 18.9 Å². The summed E-state index contributed by atoms with van der Waals surface area (Å²) in [5.74, 6) is 12.4. The van der Waals surface area contributed by atoms with Crippen molar-refractivity contribution in [3.05, 3.63) is 0 Å². The predicted molar refractivity (Wildman–Crippen MR) is 290 cm³/mol. The first-order chi connectivity index (χ1) is 32.6. The number of hydrogen-bond donors (Lipinski definition) is 0. The van der Waals surface area contributed by atoms with Gasteiger partial charge in [-0.3, -0.25) is 0 Å². The van der Waals surface area contributed by atoms with Crippen molar-refractivity contribution in [1.29, 1.82) is 0 Å². The topological polar surface area (TPSA) is 36.9 Å². The SMILES string of the molecule is C(CCSCCCCCC(C1CCCC1)C1CCCO1)CCC(C1CCCC1)C1CCCO1.CCC(C)C(CCCCCSCCCCCC(C(C)CC)C1CCCCO1)C1CCCCO1. The molecule has 0 N–H and O–H groups in total. The zero-order valence-corrected chi connectivity index (χ0v) is 46.1. The molecule has 0 amide bonds. The maximum Gasteiger partial charge on any atom is 0.0606 e. The number of rotatable bonds is 34. The quantitative estimate of drug-likeness (QED) is 0.0598. The fourth-order valence-corrected chi connectivity index (χ4v) is 15.9. The molecule has 4 heterocycles. The Bertz CT molecular complexity index is 988. The monoisotopic (exact) mass is 961 g/mol. The maximum atomic E-state index is 6.16. The van der Waals surface area contributed by atoms with Gasteiger partial charge in [-0.1, -0.05) is 143 Å². The zero-order valence-electron chi connectivity index (χ0n) is 44.5. The number of hydrogen-bond acceptors (Lipinski definition) is 6. The Morgan fingerprint density at radius 3 is 0.985 bits per heavy atom. The Balaban J connectivity index is 0.000000247. The van der Waals surface area contributed by atoms with Crippen LogP contribution in [0.15, 0.2) is 0 Å². The van der Waals surface area contributed by atoms with E-state index in [4.69, 9.17) is 18.9 Å². The maximum absolute atomic E-state index is 6.16. The highest BCUT2D eigenvalue weighted by Gasteiger charge is 2.35. The van der Waals surface area contributed by atoms with E-state index in [0.29, 0.717) is 24.4 Å². The van der Waals surface area contributed by atoms with Gasteiger partial charge >= 0.3 is 0 Å². The normalized spacial score (nSPS) is 27.1. The molecule has 0 radical (unpaired) electrons. The third-order valence-electron chi connectivity index (χ3n) is 18.3. The highest BCUT2D eigenvalue weighted by molar-refractivity contribution is 7.99. The van der Waals surface area contributed by atoms with E-state index in [1.165, 1.54) is 254 Å². The third-order valence-corrected chi connectivity index (χ3v) is 20.6. The van der Waals surface area contributed by atoms with Crippen molar-refractivity contribution in [2.45, 2.75) is 283 Å². The van der Waals surface area contributed by atoms with Gasteiger partial charge < -0.3 is 18.9 Å². The summed E-state index contributed by atoms with van der Waals surface area (Å²) >= 11 is 4.42. The molecule has 388 valence electrons. The van der Waals surface area contributed by atoms with Gasteiger partial charge in [0.05, 0.1) is 24.4 Å². The lowest BCUT2D eigenvalue weighted by molar-refractivity contribution is -0.0392. The van der Waals surface area contributed by atoms with Crippen LogP contribution >= 0.6 is 23.5 Å². The lowest BCUT2D eigenvalue weighted by Crippen LogP contribution is -2.32. The minimum atomic E-state index is 0.549. The summed E-state index contributed by atoms with van der Waals surface area (Å²) in [5, 5.41) is 0. The first kappa shape index (κ1) is 57.4. The smallest absolute Gasteiger partial charge is 0.0606 e. The molecule has 6 fully saturated rings. The van der Waals surface area contributed by atoms with E-state index < -0.39 is 0 Å². The highest BCUT2D eigenvalue weighted by Crippen LogP contribution is 2.41. The molecule has 4 saturated heterocycles. The summed E-state index contributed by atoms with van der Waals surface area (Å²) in [6.45, 7) is 13.7. The van der Waals surface area contributed by atoms with Crippen LogP contribution in [0.3, 0.4) is 0 Å². The predicted octanol–water partition coefficient (Wildman–Crippen LogP) is 18.1. The van der Waals surface area contributed by atoms with Gasteiger partial charge in [-0.05, 0) is 186 Å². The van der Waals surface area contributed by atoms with E-state index in [9.17, 15) is 0 Å². The van der Waals surface area contributed by atoms with E-state index in [1.54, 1.807) is 0 Å². The van der Waals surface area contributed by atoms with E-state index in [2.05, 4.69) is 51.2 Å². The van der Waals surface area contributed by atoms with Crippen LogP contribution in [0.4, 0.5) is 0 Å². The Morgan fingerprint density at radius 2 is 0.667 bits per heavy atom. The van der Waals surface area contributed by atoms with Gasteiger partial charge in [0.1, 0.15) is 0 Å². The van der Waals surface area contributed by atoms with E-state index in [1.807, 2.05) is 0 Å². The van der Waals surface area contributed by atoms with E-state index in [-0.39, 0.29) is 0 Å². The molecule has 6 heteroatoms. The molecule has 0 spiro atoms. The first-order valence-corrected chi connectivity index (χ1v) is 32.5. The second-order valence-electron chi connectivity index (χ2n) is 23.1. The van der Waals surface area contributed by atoms with Gasteiger partial charge in [-0.15, -0.1) is 0 Å². The second kappa shape index (κ2) is 36.5. The molecule has 0 aromatic heterocycles. The number of ether oxygens (including phenoxy) is 4. The Morgan fingerprint density at radius 1 is 0.348 bits per heavy atom. The molecule has 10 unspecified atom stereocenters. The standard InChI is InChI=1S/C30H54O2S.C30H58O2S/c1(3-17-27(25-13-5-6-14-25)29-19-11-21-31-29)9-23-33-24-10-2-4-18-28(26-15-7-8-16-26)30-20-12-22-32-30;1-5-25(3)27(29-19-11-13-21-31-29)17-9-7-15-23-33-24-16-8-10-18-28(26(4)6-2)30-20-12-14-22-32-30/h25-30H,1-24H2;25-30H,5-24H2,1-4H3. The Hall–Kier alpha value is 0.540. The lowest BCUT2D eigenvalue weighted by atomic mass is 9.80. The van der Waals surface area contributed by atoms with Crippen LogP contribution < -0.4 is 0 Å². The number of thioether (sulfide) groups is 2. The Kier molecular flexibility index (Phi) is 31.7. The molecular formula is C60H112O4S2. The molecule has 2 aliphatic carbocycles. The first-order valence-electron chi connectivity index (χ1n) is 30.2. The van der Waals surface area contributed by atoms with Crippen LogP contribution in [0.2, 0.25) is 0 Å². The molecule has 4 nitrogen and oxygen atoms in total. The van der Waals surface area contributed by atoms with Gasteiger partial charge in [0.25, 0.3) is 0 Å². The summed E-state index contributed by atoms with van der Waals surface area (Å²) in [7, 11) is 0. The average Bonchev–Trinajstić information content (AvgIpc) is 4.23. The zero-order chi connectivity index (χ0) is 46.3. The van der Waals surface area contributed by atoms with Crippen molar-refractivity contribution in [2.24, 2.45) is 47.3 Å². The molecular weight excluding hydrogens is 849 g/mol. The summed E-state index contributed by atoms with van der Waals surface area (Å²) in [4.78, 5) is 0. The summed E-state index contributed by atoms with van der Waals surface area (Å²) in [6.07, 6.45) is 52.6. The van der Waals surface area contributed by atoms with Gasteiger partial charge in [0, 0.05) is 26.4 Å². The summed E-state index contributed by atoms with van der Waals surface area (Å²) in [5.41, 5.74) is 0. The van der Waals surface area contributed by atoms with Crippen molar-refractivity contribution in [3.8, 4) is 0 Å². The van der Waals surface area contributed by atoms with Gasteiger partial charge in [0.2, 0.25) is 0 Å². The van der Waals surface area contributed by atoms with E-state index >= 15 is 0 Å². The molecule has 0 bridgehead atoms. The van der Waals surface area contributed by atoms with E-state index in [0.717, 1.165) is 73.8 Å². The largest absolute Gasteiger partial charge is 0.378 e. The lowest BCUT2D eigenvalue weighted by Gasteiger charge is -2.34. The van der Waals surface area contributed by atoms with Gasteiger partial charge in [0.15, 0.2) is 0 Å². The molecule has 0 aromatic rings. The molecule has 66 heavy (non-hydrogen) atoms. The second-order valence-corrected chi connectivity index (χ2v) is 25.5. The van der Waals surface area contributed by atoms with Crippen molar-refractivity contribution in [2.75, 3.05) is 49.4 Å². The fraction of sp³-hybridized carbons (Fsp3) is 1.00. The van der Waals surface area contributed by atoms with Crippen molar-refractivity contribution in [1.82, 2.24) is 0 Å². The Labute approximate surface area is 420 Å². The van der Waals surface area contributed by atoms with Crippen LogP contribution in [0.25, 0.3) is 0 Å². The minimum Gasteiger partial charge on any atom is -0.378 e. The molecule has 6 aliphatic rings. The number of unbranched alkanes of at least 4 members (excludes halogenated alkanes) is 8. The molecule has 10 atom stereocenters.